The van der Waals surface area contributed by atoms with Gasteiger partial charge in [-0.2, -0.15) is 0 Å². The molecule has 0 atom stereocenters. The molecule has 1 aliphatic carbocycles. The predicted molar refractivity (Wildman–Crippen MR) is 74.1 cm³/mol. The van der Waals surface area contributed by atoms with Gasteiger partial charge in [0.05, 0.1) is 0 Å². The molecular formula is C15H19Cl3SiTi. The molecule has 1 aromatic rings. The number of hydrogen-bond donors (Lipinski definition) is 0. The van der Waals surface area contributed by atoms with E-state index in [0.717, 1.165) is 6.42 Å². The van der Waals surface area contributed by atoms with Crippen molar-refractivity contribution in [2.24, 2.45) is 0 Å². The van der Waals surface area contributed by atoms with Gasteiger partial charge < -0.3 is 37.2 Å². The Morgan fingerprint density at radius 3 is 2.05 bits per heavy atom. The van der Waals surface area contributed by atoms with Crippen LogP contribution in [0.2, 0.25) is 23.4 Å². The molecule has 0 spiro atoms. The van der Waals surface area contributed by atoms with Gasteiger partial charge in [0.25, 0.3) is 0 Å². The van der Waals surface area contributed by atoms with Crippen LogP contribution in [0, 0.1) is 0 Å². The largest absolute Gasteiger partial charge is 1.00 e. The third-order valence-electron chi connectivity index (χ3n) is 3.19. The van der Waals surface area contributed by atoms with Gasteiger partial charge in [0.15, 0.2) is 0 Å². The first-order valence-electron chi connectivity index (χ1n) is 6.11. The molecular weight excluding hydrogens is 362 g/mol. The Bertz CT molecular complexity index is 466. The normalized spacial score (nSPS) is 15.1. The first kappa shape index (κ1) is 22.8. The summed E-state index contributed by atoms with van der Waals surface area (Å²) in [5.74, 6) is 0. The van der Waals surface area contributed by atoms with Crippen LogP contribution < -0.4 is 42.4 Å². The van der Waals surface area contributed by atoms with E-state index in [0.29, 0.717) is 0 Å². The molecule has 0 saturated carbocycles. The van der Waals surface area contributed by atoms with Crippen LogP contribution in [-0.2, 0) is 26.9 Å². The van der Waals surface area contributed by atoms with Crippen LogP contribution in [0.15, 0.2) is 48.6 Å². The topological polar surface area (TPSA) is 0 Å². The van der Waals surface area contributed by atoms with Crippen LogP contribution >= 0.6 is 0 Å². The summed E-state index contributed by atoms with van der Waals surface area (Å²) in [6.45, 7) is 7.22. The van der Waals surface area contributed by atoms with Gasteiger partial charge in [-0.05, 0) is 0 Å². The van der Waals surface area contributed by atoms with Gasteiger partial charge in [-0.25, -0.2) is 0 Å². The molecule has 5 heteroatoms. The second kappa shape index (κ2) is 8.83. The molecule has 0 amide bonds. The molecule has 108 valence electrons. The minimum Gasteiger partial charge on any atom is -1.00 e. The minimum atomic E-state index is -1.18. The maximum Gasteiger partial charge on any atom is -1.00 e. The van der Waals surface area contributed by atoms with Gasteiger partial charge in [0.1, 0.15) is 0 Å². The number of rotatable bonds is 3. The van der Waals surface area contributed by atoms with Gasteiger partial charge in [-0.1, -0.05) is 0 Å². The monoisotopic (exact) mass is 380 g/mol. The van der Waals surface area contributed by atoms with E-state index in [9.17, 15) is 0 Å². The van der Waals surface area contributed by atoms with E-state index in [1.807, 2.05) is 0 Å². The number of benzene rings is 1. The quantitative estimate of drug-likeness (QED) is 0.459. The molecule has 0 heterocycles. The second-order valence-corrected chi connectivity index (χ2v) is 12.4. The molecule has 0 aromatic heterocycles. The zero-order valence-electron chi connectivity index (χ0n) is 12.0. The van der Waals surface area contributed by atoms with E-state index >= 15 is 0 Å². The van der Waals surface area contributed by atoms with Crippen LogP contribution in [0.1, 0.15) is 5.56 Å². The Morgan fingerprint density at radius 2 is 1.55 bits per heavy atom. The third kappa shape index (κ3) is 6.09. The summed E-state index contributed by atoms with van der Waals surface area (Å²) < 4.78 is 0.220. The zero-order valence-corrected chi connectivity index (χ0v) is 16.8. The van der Waals surface area contributed by atoms with Crippen LogP contribution in [0.4, 0.5) is 0 Å². The Labute approximate surface area is 154 Å². The van der Waals surface area contributed by atoms with Crippen molar-refractivity contribution in [3.8, 4) is 0 Å². The van der Waals surface area contributed by atoms with Gasteiger partial charge >= 0.3 is 118 Å². The van der Waals surface area contributed by atoms with Crippen LogP contribution in [0.3, 0.4) is 0 Å². The first-order chi connectivity index (χ1) is 7.89. The molecule has 0 radical (unpaired) electrons. The Balaban J connectivity index is 0. The SMILES string of the molecule is C[Si](C)(C)c1cccc(C[C]2([Ti+3])C=CC=C2)c1.[Cl-].[Cl-].[Cl-]. The predicted octanol–water partition coefficient (Wildman–Crippen LogP) is -5.38. The fraction of sp³-hybridized carbons (Fsp3) is 0.333. The second-order valence-electron chi connectivity index (χ2n) is 5.89. The fourth-order valence-electron chi connectivity index (χ4n) is 2.11. The number of halogens is 3. The molecule has 2 rings (SSSR count). The van der Waals surface area contributed by atoms with Gasteiger partial charge in [-0.3, -0.25) is 0 Å². The number of hydrogen-bond acceptors (Lipinski definition) is 0. The Kier molecular flexibility index (Phi) is 10.1. The van der Waals surface area contributed by atoms with Crippen molar-refractivity contribution in [3.05, 3.63) is 54.1 Å². The molecule has 0 nitrogen and oxygen atoms in total. The van der Waals surface area contributed by atoms with Crippen LogP contribution in [0.25, 0.3) is 0 Å². The van der Waals surface area contributed by atoms with E-state index in [1.54, 1.807) is 5.19 Å². The molecule has 0 bridgehead atoms. The summed E-state index contributed by atoms with van der Waals surface area (Å²) in [5.41, 5.74) is 1.46. The van der Waals surface area contributed by atoms with Crippen molar-refractivity contribution in [2.45, 2.75) is 29.8 Å². The van der Waals surface area contributed by atoms with Crippen molar-refractivity contribution in [1.82, 2.24) is 0 Å². The Hall–Kier alpha value is 0.501. The Morgan fingerprint density at radius 1 is 1.00 bits per heavy atom. The van der Waals surface area contributed by atoms with E-state index in [4.69, 9.17) is 0 Å². The van der Waals surface area contributed by atoms with Gasteiger partial charge in [0, 0.05) is 0 Å². The summed E-state index contributed by atoms with van der Waals surface area (Å²) in [6.07, 6.45) is 10.0. The molecule has 1 aliphatic rings. The van der Waals surface area contributed by atoms with Crippen molar-refractivity contribution in [2.75, 3.05) is 0 Å². The molecule has 0 fully saturated rings. The number of allylic oxidation sites excluding steroid dienone is 4. The average molecular weight is 382 g/mol. The summed E-state index contributed by atoms with van der Waals surface area (Å²) in [5, 5.41) is 1.56. The van der Waals surface area contributed by atoms with E-state index in [2.05, 4.69) is 88.6 Å². The van der Waals surface area contributed by atoms with E-state index in [-0.39, 0.29) is 40.9 Å². The van der Waals surface area contributed by atoms with Crippen molar-refractivity contribution >= 4 is 13.3 Å². The first-order valence-corrected chi connectivity index (χ1v) is 10.4. The maximum atomic E-state index is 2.41. The summed E-state index contributed by atoms with van der Waals surface area (Å²) >= 11 is 2.30. The van der Waals surface area contributed by atoms with Crippen molar-refractivity contribution in [1.29, 1.82) is 0 Å². The zero-order chi connectivity index (χ0) is 12.5. The van der Waals surface area contributed by atoms with E-state index < -0.39 is 8.07 Å². The van der Waals surface area contributed by atoms with Crippen molar-refractivity contribution in [3.63, 3.8) is 0 Å². The summed E-state index contributed by atoms with van der Waals surface area (Å²) in [7, 11) is -1.18. The summed E-state index contributed by atoms with van der Waals surface area (Å²) in [4.78, 5) is 0. The average Bonchev–Trinajstić information content (AvgIpc) is 2.64. The molecule has 20 heavy (non-hydrogen) atoms. The minimum absolute atomic E-state index is 0. The summed E-state index contributed by atoms with van der Waals surface area (Å²) in [6, 6.07) is 9.18. The molecule has 1 aromatic carbocycles. The molecule has 0 N–H and O–H groups in total. The molecule has 0 saturated heterocycles. The smallest absolute Gasteiger partial charge is 1.00 e. The van der Waals surface area contributed by atoms with Crippen LogP contribution in [-0.4, -0.2) is 8.07 Å². The van der Waals surface area contributed by atoms with Crippen LogP contribution in [0.5, 0.6) is 0 Å². The van der Waals surface area contributed by atoms with Gasteiger partial charge in [-0.15, -0.1) is 0 Å². The fourth-order valence-corrected chi connectivity index (χ4v) is 3.95. The third-order valence-corrected chi connectivity index (χ3v) is 6.03. The standard InChI is InChI=1S/C15H19Si.3ClH.Ti/c1-16(2,3)15-10-6-9-14(12-15)11-13-7-4-5-8-13;;;;/h4-10,12H,11H2,1-3H3;3*1H;/q;;;;+3/p-3. The molecule has 0 aliphatic heterocycles. The van der Waals surface area contributed by atoms with Gasteiger partial charge in [0.2, 0.25) is 0 Å². The van der Waals surface area contributed by atoms with E-state index in [1.165, 1.54) is 5.56 Å². The maximum absolute atomic E-state index is 2.41. The molecule has 0 unspecified atom stereocenters. The van der Waals surface area contributed by atoms with Crippen molar-refractivity contribution < 1.29 is 57.7 Å².